The largest absolute Gasteiger partial charge is 0.352 e. The summed E-state index contributed by atoms with van der Waals surface area (Å²) in [5, 5.41) is 2.82. The average molecular weight is 603 g/mol. The first-order valence-corrected chi connectivity index (χ1v) is 13.8. The van der Waals surface area contributed by atoms with Crippen LogP contribution in [-0.2, 0) is 26.2 Å². The second kappa shape index (κ2) is 11.5. The number of nitrogens with zero attached hydrogens (tertiary/aromatic N) is 2. The number of amides is 2. The van der Waals surface area contributed by atoms with Crippen molar-refractivity contribution in [2.45, 2.75) is 46.3 Å². The summed E-state index contributed by atoms with van der Waals surface area (Å²) in [5.41, 5.74) is 2.04. The Kier molecular flexibility index (Phi) is 9.51. The molecular weight excluding hydrogens is 574 g/mol. The van der Waals surface area contributed by atoms with Gasteiger partial charge in [-0.05, 0) is 69.2 Å². The summed E-state index contributed by atoms with van der Waals surface area (Å²) < 4.78 is 28.0. The fourth-order valence-electron chi connectivity index (χ4n) is 3.17. The Labute approximate surface area is 212 Å². The molecule has 0 unspecified atom stereocenters. The van der Waals surface area contributed by atoms with Gasteiger partial charge in [-0.3, -0.25) is 13.9 Å². The lowest BCUT2D eigenvalue weighted by molar-refractivity contribution is -0.139. The monoisotopic (exact) mass is 601 g/mol. The Morgan fingerprint density at radius 1 is 1.03 bits per heavy atom. The molecule has 2 aromatic rings. The number of carbonyl (C=O) groups excluding carboxylic acids is 2. The van der Waals surface area contributed by atoms with Crippen molar-refractivity contribution in [1.82, 2.24) is 10.2 Å². The first-order chi connectivity index (χ1) is 15.3. The molecule has 0 aliphatic heterocycles. The minimum Gasteiger partial charge on any atom is -0.352 e. The second-order valence-corrected chi connectivity index (χ2v) is 11.9. The maximum absolute atomic E-state index is 13.4. The lowest BCUT2D eigenvalue weighted by atomic mass is 10.1. The highest BCUT2D eigenvalue weighted by Crippen LogP contribution is 2.25. The molecule has 1 N–H and O–H groups in total. The van der Waals surface area contributed by atoms with Gasteiger partial charge in [0.05, 0.1) is 11.9 Å². The predicted octanol–water partition coefficient (Wildman–Crippen LogP) is 4.23. The van der Waals surface area contributed by atoms with Gasteiger partial charge in [-0.25, -0.2) is 8.42 Å². The van der Waals surface area contributed by atoms with Gasteiger partial charge in [-0.15, -0.1) is 0 Å². The van der Waals surface area contributed by atoms with Crippen LogP contribution in [0.2, 0.25) is 0 Å². The van der Waals surface area contributed by atoms with E-state index in [2.05, 4.69) is 37.2 Å². The first kappa shape index (κ1) is 27.3. The van der Waals surface area contributed by atoms with Crippen molar-refractivity contribution >= 4 is 59.4 Å². The van der Waals surface area contributed by atoms with E-state index >= 15 is 0 Å². The number of rotatable bonds is 9. The van der Waals surface area contributed by atoms with Crippen LogP contribution in [0.5, 0.6) is 0 Å². The number of aryl methyl sites for hydroxylation is 1. The second-order valence-electron chi connectivity index (χ2n) is 8.19. The molecule has 1 atom stereocenters. The van der Waals surface area contributed by atoms with E-state index in [0.717, 1.165) is 30.6 Å². The fraction of sp³-hybridized carbons (Fsp3) is 0.391. The first-order valence-electron chi connectivity index (χ1n) is 10.4. The van der Waals surface area contributed by atoms with Crippen LogP contribution in [0, 0.1) is 6.92 Å². The van der Waals surface area contributed by atoms with Crippen molar-refractivity contribution in [2.75, 3.05) is 17.1 Å². The zero-order chi connectivity index (χ0) is 24.9. The van der Waals surface area contributed by atoms with Gasteiger partial charge < -0.3 is 10.2 Å². The summed E-state index contributed by atoms with van der Waals surface area (Å²) in [6, 6.07) is 11.6. The third-order valence-electron chi connectivity index (χ3n) is 4.97. The van der Waals surface area contributed by atoms with E-state index in [1.807, 2.05) is 45.0 Å². The van der Waals surface area contributed by atoms with Gasteiger partial charge in [-0.2, -0.15) is 0 Å². The van der Waals surface area contributed by atoms with Gasteiger partial charge in [0, 0.05) is 21.5 Å². The third-order valence-corrected chi connectivity index (χ3v) is 7.53. The van der Waals surface area contributed by atoms with E-state index in [4.69, 9.17) is 0 Å². The lowest BCUT2D eigenvalue weighted by Crippen LogP contribution is -2.52. The molecule has 0 aliphatic rings. The molecular formula is C23H29Br2N3O4S. The van der Waals surface area contributed by atoms with Crippen molar-refractivity contribution < 1.29 is 18.0 Å². The SMILES string of the molecule is Cc1cc(N(CC(=O)N(Cc2ccc(Br)cc2)[C@@H](C)C(=O)NC(C)C)S(C)(=O)=O)ccc1Br. The standard InChI is InChI=1S/C23H29Br2N3O4S/c1-15(2)26-23(30)17(4)27(13-18-6-8-19(24)9-7-18)22(29)14-28(33(5,31)32)20-10-11-21(25)16(3)12-20/h6-12,15,17H,13-14H2,1-5H3,(H,26,30)/t17-/m0/s1. The molecule has 10 heteroatoms. The molecule has 180 valence electrons. The number of hydrogen-bond donors (Lipinski definition) is 1. The van der Waals surface area contributed by atoms with Gasteiger partial charge in [0.15, 0.2) is 0 Å². The Morgan fingerprint density at radius 2 is 1.64 bits per heavy atom. The number of sulfonamides is 1. The smallest absolute Gasteiger partial charge is 0.244 e. The molecule has 0 saturated carbocycles. The van der Waals surface area contributed by atoms with E-state index in [1.54, 1.807) is 25.1 Å². The van der Waals surface area contributed by atoms with Crippen molar-refractivity contribution in [2.24, 2.45) is 0 Å². The number of carbonyl (C=O) groups is 2. The minimum absolute atomic E-state index is 0.0946. The van der Waals surface area contributed by atoms with Gasteiger partial charge in [0.25, 0.3) is 0 Å². The molecule has 0 spiro atoms. The number of halogens is 2. The molecule has 0 bridgehead atoms. The van der Waals surface area contributed by atoms with E-state index in [9.17, 15) is 18.0 Å². The molecule has 0 saturated heterocycles. The summed E-state index contributed by atoms with van der Waals surface area (Å²) in [4.78, 5) is 27.6. The summed E-state index contributed by atoms with van der Waals surface area (Å²) in [7, 11) is -3.76. The number of anilines is 1. The molecule has 2 rings (SSSR count). The Balaban J connectivity index is 2.40. The highest BCUT2D eigenvalue weighted by atomic mass is 79.9. The molecule has 2 amide bonds. The van der Waals surface area contributed by atoms with Gasteiger partial charge in [-0.1, -0.05) is 44.0 Å². The minimum atomic E-state index is -3.76. The van der Waals surface area contributed by atoms with Crippen molar-refractivity contribution in [1.29, 1.82) is 0 Å². The molecule has 0 radical (unpaired) electrons. The molecule has 7 nitrogen and oxygen atoms in total. The molecule has 0 aliphatic carbocycles. The summed E-state index contributed by atoms with van der Waals surface area (Å²) in [6.07, 6.45) is 1.06. The summed E-state index contributed by atoms with van der Waals surface area (Å²) in [5.74, 6) is -0.781. The van der Waals surface area contributed by atoms with Crippen molar-refractivity contribution in [3.63, 3.8) is 0 Å². The topological polar surface area (TPSA) is 86.8 Å². The van der Waals surface area contributed by atoms with Crippen LogP contribution in [0.25, 0.3) is 0 Å². The summed E-state index contributed by atoms with van der Waals surface area (Å²) >= 11 is 6.80. The highest BCUT2D eigenvalue weighted by Gasteiger charge is 2.30. The van der Waals surface area contributed by atoms with Gasteiger partial charge >= 0.3 is 0 Å². The van der Waals surface area contributed by atoms with Crippen LogP contribution in [0.1, 0.15) is 31.9 Å². The van der Waals surface area contributed by atoms with Crippen LogP contribution in [0.4, 0.5) is 5.69 Å². The zero-order valence-corrected chi connectivity index (χ0v) is 23.3. The van der Waals surface area contributed by atoms with Gasteiger partial charge in [0.1, 0.15) is 12.6 Å². The predicted molar refractivity (Wildman–Crippen MR) is 139 cm³/mol. The molecule has 0 heterocycles. The number of hydrogen-bond acceptors (Lipinski definition) is 4. The molecule has 0 aromatic heterocycles. The van der Waals surface area contributed by atoms with E-state index in [-0.39, 0.29) is 18.5 Å². The van der Waals surface area contributed by atoms with Crippen LogP contribution in [0.15, 0.2) is 51.4 Å². The van der Waals surface area contributed by atoms with Crippen LogP contribution in [0.3, 0.4) is 0 Å². The lowest BCUT2D eigenvalue weighted by Gasteiger charge is -2.32. The maximum Gasteiger partial charge on any atom is 0.244 e. The third kappa shape index (κ3) is 7.82. The molecule has 0 fully saturated rings. The highest BCUT2D eigenvalue weighted by molar-refractivity contribution is 9.10. The Morgan fingerprint density at radius 3 is 2.15 bits per heavy atom. The quantitative estimate of drug-likeness (QED) is 0.465. The van der Waals surface area contributed by atoms with E-state index in [0.29, 0.717) is 5.69 Å². The normalized spacial score (nSPS) is 12.4. The number of nitrogens with one attached hydrogen (secondary N) is 1. The molecule has 2 aromatic carbocycles. The Bertz CT molecular complexity index is 1110. The fourth-order valence-corrected chi connectivity index (χ4v) is 4.52. The van der Waals surface area contributed by atoms with Crippen LogP contribution < -0.4 is 9.62 Å². The van der Waals surface area contributed by atoms with E-state index in [1.165, 1.54) is 4.90 Å². The average Bonchev–Trinajstić information content (AvgIpc) is 2.71. The van der Waals surface area contributed by atoms with Crippen molar-refractivity contribution in [3.8, 4) is 0 Å². The van der Waals surface area contributed by atoms with Gasteiger partial charge in [0.2, 0.25) is 21.8 Å². The van der Waals surface area contributed by atoms with Crippen LogP contribution >= 0.6 is 31.9 Å². The number of benzene rings is 2. The van der Waals surface area contributed by atoms with Crippen molar-refractivity contribution in [3.05, 3.63) is 62.5 Å². The molecule has 33 heavy (non-hydrogen) atoms. The van der Waals surface area contributed by atoms with E-state index < -0.39 is 28.5 Å². The maximum atomic E-state index is 13.4. The Hall–Kier alpha value is -1.91. The zero-order valence-electron chi connectivity index (χ0n) is 19.3. The van der Waals surface area contributed by atoms with Crippen LogP contribution in [-0.4, -0.2) is 50.0 Å². The summed E-state index contributed by atoms with van der Waals surface area (Å²) in [6.45, 7) is 6.90.